The van der Waals surface area contributed by atoms with Crippen LogP contribution in [0.3, 0.4) is 0 Å². The van der Waals surface area contributed by atoms with E-state index in [-0.39, 0.29) is 11.9 Å². The molecule has 8 aliphatic rings. The van der Waals surface area contributed by atoms with Gasteiger partial charge in [-0.05, 0) is 109 Å². The highest BCUT2D eigenvalue weighted by atomic mass is 16.2. The summed E-state index contributed by atoms with van der Waals surface area (Å²) in [4.78, 5) is 54.7. The van der Waals surface area contributed by atoms with Crippen molar-refractivity contribution in [1.29, 1.82) is 0 Å². The smallest absolute Gasteiger partial charge is 0.320 e. The molecule has 1 aromatic carbocycles. The number of fused-ring (bicyclic) bond motifs is 2. The van der Waals surface area contributed by atoms with Gasteiger partial charge in [-0.25, -0.2) is 9.59 Å². The Morgan fingerprint density at radius 1 is 0.545 bits per heavy atom. The van der Waals surface area contributed by atoms with Crippen LogP contribution < -0.4 is 5.32 Å². The van der Waals surface area contributed by atoms with Crippen molar-refractivity contribution in [1.82, 2.24) is 39.6 Å². The van der Waals surface area contributed by atoms with Gasteiger partial charge in [-0.2, -0.15) is 0 Å². The molecule has 0 radical (unpaired) electrons. The summed E-state index contributed by atoms with van der Waals surface area (Å²) >= 11 is 0. The highest BCUT2D eigenvalue weighted by Gasteiger charge is 2.49. The Kier molecular flexibility index (Phi) is 12.3. The lowest BCUT2D eigenvalue weighted by atomic mass is 9.88. The van der Waals surface area contributed by atoms with Crippen molar-refractivity contribution < 1.29 is 14.4 Å². The largest absolute Gasteiger partial charge is 0.339 e. The van der Waals surface area contributed by atoms with Crippen LogP contribution in [0.25, 0.3) is 0 Å². The van der Waals surface area contributed by atoms with Crippen LogP contribution in [-0.4, -0.2) is 167 Å². The predicted molar refractivity (Wildman–Crippen MR) is 217 cm³/mol. The third-order valence-electron chi connectivity index (χ3n) is 15.4. The van der Waals surface area contributed by atoms with Crippen LogP contribution in [0, 0.1) is 6.92 Å². The van der Waals surface area contributed by atoms with E-state index in [4.69, 9.17) is 0 Å². The molecule has 9 rings (SSSR count). The Labute approximate surface area is 331 Å². The molecule has 55 heavy (non-hydrogen) atoms. The molecule has 6 heterocycles. The Balaban J connectivity index is 0.000000164. The molecule has 1 aromatic rings. The number of nitrogens with one attached hydrogen (secondary N) is 1. The van der Waals surface area contributed by atoms with Gasteiger partial charge < -0.3 is 39.6 Å². The molecule has 6 aliphatic heterocycles. The molecule has 0 spiro atoms. The fraction of sp³-hybridized carbons (Fsp3) is 0.795. The second kappa shape index (κ2) is 17.3. The number of rotatable bonds is 5. The minimum absolute atomic E-state index is 0.180. The Hall–Kier alpha value is -2.89. The molecule has 5 amide bonds. The number of aryl methyl sites for hydroxylation is 1. The standard InChI is InChI=1S/C26H38N4O2.C18H32N4O/c1-19-7-3-4-8-22(19)25(31)29-17-11-20(12-18-29)28-15-13-21(14-16-28)30-24-10-6-5-9-23(24)27(2)26(30)32;1-20-16-4-2-3-5-17(16)22(18(20)23)15-8-12-21(13-9-15)14-6-10-19-11-7-14/h3-4,7-8,20-21,23-24H,5-6,9-18H2,1-2H3;14-17,19H,2-13H2,1H3/t23-,24-;16-,17-/m00/s1. The average Bonchev–Trinajstić information content (AvgIpc) is 3.65. The normalized spacial score (nSPS) is 31.1. The van der Waals surface area contributed by atoms with Crippen molar-refractivity contribution in [2.24, 2.45) is 0 Å². The molecule has 11 nitrogen and oxygen atoms in total. The van der Waals surface area contributed by atoms with E-state index >= 15 is 0 Å². The zero-order chi connectivity index (χ0) is 38.1. The quantitative estimate of drug-likeness (QED) is 0.420. The van der Waals surface area contributed by atoms with Gasteiger partial charge in [0, 0.05) is 83.1 Å². The third kappa shape index (κ3) is 8.00. The maximum atomic E-state index is 13.0. The third-order valence-corrected chi connectivity index (χ3v) is 15.4. The van der Waals surface area contributed by atoms with E-state index in [1.165, 1.54) is 103 Å². The lowest BCUT2D eigenvalue weighted by Crippen LogP contribution is -2.53. The van der Waals surface area contributed by atoms with Gasteiger partial charge in [0.05, 0.1) is 24.2 Å². The summed E-state index contributed by atoms with van der Waals surface area (Å²) in [7, 11) is 4.03. The van der Waals surface area contributed by atoms with Gasteiger partial charge in [-0.3, -0.25) is 4.79 Å². The summed E-state index contributed by atoms with van der Waals surface area (Å²) in [6.07, 6.45) is 19.1. The van der Waals surface area contributed by atoms with E-state index in [0.717, 1.165) is 69.0 Å². The summed E-state index contributed by atoms with van der Waals surface area (Å²) < 4.78 is 0. The van der Waals surface area contributed by atoms with E-state index in [1.54, 1.807) is 0 Å². The number of hydrogen-bond acceptors (Lipinski definition) is 6. The van der Waals surface area contributed by atoms with E-state index in [1.807, 2.05) is 60.0 Å². The van der Waals surface area contributed by atoms with E-state index in [9.17, 15) is 14.4 Å². The second-order valence-electron chi connectivity index (χ2n) is 18.3. The minimum Gasteiger partial charge on any atom is -0.339 e. The van der Waals surface area contributed by atoms with Gasteiger partial charge in [0.2, 0.25) is 0 Å². The predicted octanol–water partition coefficient (Wildman–Crippen LogP) is 5.62. The molecule has 304 valence electrons. The number of carbonyl (C=O) groups is 3. The fourth-order valence-electron chi connectivity index (χ4n) is 12.2. The number of likely N-dealkylation sites (N-methyl/N-ethyl adjacent to an activating group) is 2. The molecule has 11 heteroatoms. The summed E-state index contributed by atoms with van der Waals surface area (Å²) in [6.45, 7) is 10.6. The number of amides is 5. The Bertz CT molecular complexity index is 1480. The van der Waals surface area contributed by atoms with Crippen LogP contribution in [0.15, 0.2) is 24.3 Å². The maximum Gasteiger partial charge on any atom is 0.320 e. The fourth-order valence-corrected chi connectivity index (χ4v) is 12.2. The van der Waals surface area contributed by atoms with Crippen molar-refractivity contribution in [2.45, 2.75) is 158 Å². The molecule has 2 aliphatic carbocycles. The summed E-state index contributed by atoms with van der Waals surface area (Å²) in [5, 5.41) is 3.46. The SMILES string of the molecule is CN1C(=O)N(C2CCN(C3CCNCC3)CC2)[C@H]2CCCC[C@@H]21.Cc1ccccc1C(=O)N1CCC(N2CCC(N3C(=O)N(C)[C@H]4CCCC[C@@H]43)CC2)CC1. The molecular formula is C44H70N8O3. The van der Waals surface area contributed by atoms with Gasteiger partial charge in [0.25, 0.3) is 5.91 Å². The molecule has 8 fully saturated rings. The summed E-state index contributed by atoms with van der Waals surface area (Å²) in [5.41, 5.74) is 1.90. The molecule has 4 atom stereocenters. The van der Waals surface area contributed by atoms with Gasteiger partial charge in [-0.1, -0.05) is 43.9 Å². The molecule has 0 aromatic heterocycles. The highest BCUT2D eigenvalue weighted by molar-refractivity contribution is 5.95. The number of nitrogens with zero attached hydrogens (tertiary/aromatic N) is 7. The average molecular weight is 759 g/mol. The van der Waals surface area contributed by atoms with Crippen LogP contribution in [0.5, 0.6) is 0 Å². The molecule has 1 N–H and O–H groups in total. The van der Waals surface area contributed by atoms with Gasteiger partial charge in [0.15, 0.2) is 0 Å². The van der Waals surface area contributed by atoms with E-state index in [2.05, 4.69) is 24.9 Å². The zero-order valence-electron chi connectivity index (χ0n) is 34.3. The van der Waals surface area contributed by atoms with Crippen molar-refractivity contribution in [3.63, 3.8) is 0 Å². The summed E-state index contributed by atoms with van der Waals surface area (Å²) in [5.74, 6) is 0.180. The van der Waals surface area contributed by atoms with Crippen LogP contribution in [0.1, 0.15) is 119 Å². The minimum atomic E-state index is 0.180. The summed E-state index contributed by atoms with van der Waals surface area (Å²) in [6, 6.07) is 12.6. The van der Waals surface area contributed by atoms with E-state index in [0.29, 0.717) is 48.3 Å². The molecule has 0 unspecified atom stereocenters. The van der Waals surface area contributed by atoms with Gasteiger partial charge in [-0.15, -0.1) is 0 Å². The monoisotopic (exact) mass is 759 g/mol. The number of carbonyl (C=O) groups excluding carboxylic acids is 3. The number of piperidine rings is 4. The lowest BCUT2D eigenvalue weighted by Gasteiger charge is -2.44. The number of hydrogen-bond donors (Lipinski definition) is 1. The molecule has 6 saturated heterocycles. The number of urea groups is 2. The van der Waals surface area contributed by atoms with Crippen molar-refractivity contribution in [3.8, 4) is 0 Å². The van der Waals surface area contributed by atoms with Gasteiger partial charge >= 0.3 is 12.1 Å². The topological polar surface area (TPSA) is 85.9 Å². The van der Waals surface area contributed by atoms with Crippen molar-refractivity contribution >= 4 is 18.0 Å². The van der Waals surface area contributed by atoms with Crippen LogP contribution in [0.2, 0.25) is 0 Å². The first-order chi connectivity index (χ1) is 26.8. The van der Waals surface area contributed by atoms with Crippen molar-refractivity contribution in [3.05, 3.63) is 35.4 Å². The molecule has 0 bridgehead atoms. The number of likely N-dealkylation sites (tertiary alicyclic amines) is 3. The van der Waals surface area contributed by atoms with Crippen LogP contribution in [-0.2, 0) is 0 Å². The molecular weight excluding hydrogens is 689 g/mol. The van der Waals surface area contributed by atoms with Crippen molar-refractivity contribution in [2.75, 3.05) is 66.5 Å². The Morgan fingerprint density at radius 2 is 0.964 bits per heavy atom. The zero-order valence-corrected chi connectivity index (χ0v) is 34.3. The van der Waals surface area contributed by atoms with Crippen LogP contribution >= 0.6 is 0 Å². The van der Waals surface area contributed by atoms with Crippen LogP contribution in [0.4, 0.5) is 9.59 Å². The lowest BCUT2D eigenvalue weighted by molar-refractivity contribution is 0.0471. The van der Waals surface area contributed by atoms with E-state index < -0.39 is 0 Å². The highest BCUT2D eigenvalue weighted by Crippen LogP contribution is 2.38. The van der Waals surface area contributed by atoms with Gasteiger partial charge in [0.1, 0.15) is 0 Å². The Morgan fingerprint density at radius 3 is 1.44 bits per heavy atom. The number of benzene rings is 1. The first kappa shape index (κ1) is 39.0. The first-order valence-corrected chi connectivity index (χ1v) is 22.4. The molecule has 2 saturated carbocycles. The first-order valence-electron chi connectivity index (χ1n) is 22.4. The maximum absolute atomic E-state index is 13.0. The second-order valence-corrected chi connectivity index (χ2v) is 18.3.